The van der Waals surface area contributed by atoms with Gasteiger partial charge in [-0.25, -0.2) is 0 Å². The zero-order valence-electron chi connectivity index (χ0n) is 11.2. The molecule has 1 N–H and O–H groups in total. The number of epoxide rings is 3. The van der Waals surface area contributed by atoms with E-state index in [0.717, 1.165) is 12.2 Å². The zero-order chi connectivity index (χ0) is 13.3. The molecular formula is C15H18O4. The molecule has 0 amide bonds. The van der Waals surface area contributed by atoms with E-state index in [-0.39, 0.29) is 22.9 Å². The van der Waals surface area contributed by atoms with Crippen LogP contribution in [0.3, 0.4) is 0 Å². The van der Waals surface area contributed by atoms with Gasteiger partial charge in [-0.2, -0.15) is 0 Å². The van der Waals surface area contributed by atoms with Gasteiger partial charge < -0.3 is 19.3 Å². The third-order valence-electron chi connectivity index (χ3n) is 4.77. The van der Waals surface area contributed by atoms with Gasteiger partial charge in [0.2, 0.25) is 0 Å². The Labute approximate surface area is 112 Å². The highest BCUT2D eigenvalue weighted by Gasteiger charge is 2.79. The first-order valence-corrected chi connectivity index (χ1v) is 6.72. The van der Waals surface area contributed by atoms with Crippen LogP contribution in [0, 0.1) is 0 Å². The molecule has 1 aromatic rings. The molecule has 0 bridgehead atoms. The third kappa shape index (κ3) is 1.57. The summed E-state index contributed by atoms with van der Waals surface area (Å²) in [5.74, 6) is 0.322. The van der Waals surface area contributed by atoms with Crippen LogP contribution >= 0.6 is 0 Å². The largest absolute Gasteiger partial charge is 0.508 e. The number of para-hydroxylation sites is 1. The molecule has 19 heavy (non-hydrogen) atoms. The summed E-state index contributed by atoms with van der Waals surface area (Å²) in [7, 11) is 0. The minimum atomic E-state index is -0.350. The summed E-state index contributed by atoms with van der Waals surface area (Å²) in [5, 5.41) is 9.96. The summed E-state index contributed by atoms with van der Waals surface area (Å²) in [5.41, 5.74) is 0.150. The lowest BCUT2D eigenvalue weighted by Crippen LogP contribution is -2.39. The minimum Gasteiger partial charge on any atom is -0.508 e. The topological polar surface area (TPSA) is 57.8 Å². The van der Waals surface area contributed by atoms with Crippen molar-refractivity contribution in [2.75, 3.05) is 13.2 Å². The first-order chi connectivity index (χ1) is 8.99. The van der Waals surface area contributed by atoms with Gasteiger partial charge >= 0.3 is 0 Å². The minimum absolute atomic E-state index is 0.0621. The van der Waals surface area contributed by atoms with Crippen molar-refractivity contribution >= 4 is 0 Å². The quantitative estimate of drug-likeness (QED) is 0.838. The number of aromatic hydroxyl groups is 1. The van der Waals surface area contributed by atoms with Gasteiger partial charge in [-0.3, -0.25) is 0 Å². The predicted octanol–water partition coefficient (Wildman–Crippen LogP) is 1.65. The van der Waals surface area contributed by atoms with Crippen LogP contribution in [0.2, 0.25) is 0 Å². The molecule has 4 unspecified atom stereocenters. The van der Waals surface area contributed by atoms with E-state index in [9.17, 15) is 5.11 Å². The van der Waals surface area contributed by atoms with Crippen LogP contribution in [0.15, 0.2) is 24.3 Å². The van der Waals surface area contributed by atoms with Crippen LogP contribution in [0.25, 0.3) is 0 Å². The molecule has 4 rings (SSSR count). The number of phenols is 1. The number of hydrogen-bond acceptors (Lipinski definition) is 4. The Morgan fingerprint density at radius 3 is 2.47 bits per heavy atom. The summed E-state index contributed by atoms with van der Waals surface area (Å²) >= 11 is 0. The number of benzene rings is 1. The fourth-order valence-corrected chi connectivity index (χ4v) is 3.08. The number of phenolic OH excluding ortho intramolecular Hbond substituents is 1. The van der Waals surface area contributed by atoms with Crippen molar-refractivity contribution in [2.24, 2.45) is 0 Å². The second kappa shape index (κ2) is 3.32. The molecule has 1 aromatic carbocycles. The van der Waals surface area contributed by atoms with Gasteiger partial charge in [0.15, 0.2) is 0 Å². The Bertz CT molecular complexity index is 533. The van der Waals surface area contributed by atoms with Crippen molar-refractivity contribution in [3.63, 3.8) is 0 Å². The Balaban J connectivity index is 1.65. The van der Waals surface area contributed by atoms with E-state index in [1.54, 1.807) is 6.07 Å². The summed E-state index contributed by atoms with van der Waals surface area (Å²) in [6.45, 7) is 5.62. The Morgan fingerprint density at radius 1 is 1.21 bits per heavy atom. The fourth-order valence-electron chi connectivity index (χ4n) is 3.08. The molecule has 4 atom stereocenters. The highest BCUT2D eigenvalue weighted by Crippen LogP contribution is 2.61. The van der Waals surface area contributed by atoms with Crippen molar-refractivity contribution in [1.29, 1.82) is 0 Å². The van der Waals surface area contributed by atoms with E-state index in [1.165, 1.54) is 0 Å². The highest BCUT2D eigenvalue weighted by molar-refractivity contribution is 5.38. The molecule has 0 spiro atoms. The molecule has 3 fully saturated rings. The van der Waals surface area contributed by atoms with E-state index in [1.807, 2.05) is 18.2 Å². The molecule has 0 radical (unpaired) electrons. The molecule has 3 aliphatic rings. The maximum Gasteiger partial charge on any atom is 0.133 e. The highest BCUT2D eigenvalue weighted by atomic mass is 16.7. The van der Waals surface area contributed by atoms with Crippen LogP contribution in [0.4, 0.5) is 0 Å². The molecule has 4 nitrogen and oxygen atoms in total. The van der Waals surface area contributed by atoms with Crippen LogP contribution in [-0.4, -0.2) is 41.2 Å². The number of ether oxygens (including phenoxy) is 3. The molecule has 102 valence electrons. The molecule has 3 saturated heterocycles. The van der Waals surface area contributed by atoms with Crippen LogP contribution in [0.5, 0.6) is 5.75 Å². The lowest BCUT2D eigenvalue weighted by atomic mass is 9.81. The molecule has 0 aromatic heterocycles. The molecule has 4 heteroatoms. The summed E-state index contributed by atoms with van der Waals surface area (Å²) in [4.78, 5) is 0. The van der Waals surface area contributed by atoms with E-state index >= 15 is 0 Å². The molecular weight excluding hydrogens is 244 g/mol. The smallest absolute Gasteiger partial charge is 0.133 e. The van der Waals surface area contributed by atoms with Crippen molar-refractivity contribution in [3.05, 3.63) is 29.8 Å². The van der Waals surface area contributed by atoms with Gasteiger partial charge in [-0.15, -0.1) is 0 Å². The molecule has 3 aliphatic heterocycles. The second-order valence-corrected chi connectivity index (χ2v) is 6.31. The third-order valence-corrected chi connectivity index (χ3v) is 4.77. The average Bonchev–Trinajstić information content (AvgIpc) is 3.20. The molecule has 0 saturated carbocycles. The predicted molar refractivity (Wildman–Crippen MR) is 68.1 cm³/mol. The molecule has 3 heterocycles. The van der Waals surface area contributed by atoms with Gasteiger partial charge in [-0.05, 0) is 25.5 Å². The number of hydrogen-bond donors (Lipinski definition) is 1. The van der Waals surface area contributed by atoms with Crippen LogP contribution < -0.4 is 0 Å². The maximum atomic E-state index is 9.96. The summed E-state index contributed by atoms with van der Waals surface area (Å²) in [6.07, 6.45) is 0.729. The normalized spacial score (nSPS) is 46.9. The van der Waals surface area contributed by atoms with Gasteiger partial charge in [0.25, 0.3) is 0 Å². The first kappa shape index (κ1) is 11.7. The lowest BCUT2D eigenvalue weighted by Gasteiger charge is -2.19. The Hall–Kier alpha value is -1.10. The fraction of sp³-hybridized carbons (Fsp3) is 0.600. The van der Waals surface area contributed by atoms with Crippen molar-refractivity contribution in [1.82, 2.24) is 0 Å². The van der Waals surface area contributed by atoms with E-state index < -0.39 is 0 Å². The second-order valence-electron chi connectivity index (χ2n) is 6.31. The van der Waals surface area contributed by atoms with E-state index in [4.69, 9.17) is 14.2 Å². The van der Waals surface area contributed by atoms with Gasteiger partial charge in [-0.1, -0.05) is 18.2 Å². The zero-order valence-corrected chi connectivity index (χ0v) is 11.2. The van der Waals surface area contributed by atoms with Crippen LogP contribution in [0.1, 0.15) is 19.4 Å². The van der Waals surface area contributed by atoms with Gasteiger partial charge in [0.05, 0.1) is 13.2 Å². The van der Waals surface area contributed by atoms with Crippen molar-refractivity contribution in [3.8, 4) is 5.75 Å². The first-order valence-electron chi connectivity index (χ1n) is 6.72. The summed E-state index contributed by atoms with van der Waals surface area (Å²) < 4.78 is 17.2. The maximum absolute atomic E-state index is 9.96. The lowest BCUT2D eigenvalue weighted by molar-refractivity contribution is 0.166. The average molecular weight is 262 g/mol. The standard InChI is InChI=1S/C15H18O4/c1-13(8-17-13)12-15(19-12,14(2)9-18-14)7-10-5-3-4-6-11(10)16/h3-6,12,16H,7-9H2,1-2H3. The Morgan fingerprint density at radius 2 is 1.89 bits per heavy atom. The number of rotatable bonds is 4. The van der Waals surface area contributed by atoms with Crippen molar-refractivity contribution in [2.45, 2.75) is 43.2 Å². The molecule has 0 aliphatic carbocycles. The SMILES string of the molecule is CC1(C2OC2(Cc2ccccc2O)C2(C)CO2)CO1. The van der Waals surface area contributed by atoms with E-state index in [0.29, 0.717) is 18.8 Å². The summed E-state index contributed by atoms with van der Waals surface area (Å²) in [6, 6.07) is 7.42. The van der Waals surface area contributed by atoms with Crippen molar-refractivity contribution < 1.29 is 19.3 Å². The van der Waals surface area contributed by atoms with E-state index in [2.05, 4.69) is 13.8 Å². The van der Waals surface area contributed by atoms with Gasteiger partial charge in [0.1, 0.15) is 28.7 Å². The monoisotopic (exact) mass is 262 g/mol. The van der Waals surface area contributed by atoms with Gasteiger partial charge in [0, 0.05) is 6.42 Å². The Kier molecular flexibility index (Phi) is 2.04. The van der Waals surface area contributed by atoms with Crippen LogP contribution in [-0.2, 0) is 20.6 Å².